The molecule has 0 amide bonds. The summed E-state index contributed by atoms with van der Waals surface area (Å²) in [5.74, 6) is 1.66. The number of ether oxygens (including phenoxy) is 3. The van der Waals surface area contributed by atoms with Gasteiger partial charge in [0.15, 0.2) is 0 Å². The standard InChI is InChI=1S/C18H25Cl2NO4/c1-3-15-13-16(24-11-6-17(19)20)12-14(2)18(15)25-10-5-9-23-8-4-7-21-22/h6-7,12-13,22H,3-5,8-11H2,1-2H3. The lowest BCUT2D eigenvalue weighted by Crippen LogP contribution is -2.07. The molecule has 0 fully saturated rings. The molecule has 5 nitrogen and oxygen atoms in total. The Morgan fingerprint density at radius 2 is 2.00 bits per heavy atom. The summed E-state index contributed by atoms with van der Waals surface area (Å²) < 4.78 is 17.2. The average molecular weight is 390 g/mol. The Bertz CT molecular complexity index is 572. The van der Waals surface area contributed by atoms with Crippen molar-refractivity contribution in [3.63, 3.8) is 0 Å². The van der Waals surface area contributed by atoms with Crippen LogP contribution in [0.15, 0.2) is 27.9 Å². The van der Waals surface area contributed by atoms with Crippen LogP contribution in [0.5, 0.6) is 11.5 Å². The van der Waals surface area contributed by atoms with E-state index in [0.717, 1.165) is 35.5 Å². The van der Waals surface area contributed by atoms with Gasteiger partial charge in [0.05, 0.1) is 13.2 Å². The number of aryl methyl sites for hydroxylation is 2. The maximum atomic E-state index is 8.27. The first-order valence-electron chi connectivity index (χ1n) is 8.22. The first-order valence-corrected chi connectivity index (χ1v) is 8.98. The minimum Gasteiger partial charge on any atom is -0.493 e. The third-order valence-electron chi connectivity index (χ3n) is 3.35. The molecular formula is C18H25Cl2NO4. The molecule has 0 aliphatic rings. The van der Waals surface area contributed by atoms with Gasteiger partial charge in [0.25, 0.3) is 0 Å². The monoisotopic (exact) mass is 389 g/mol. The van der Waals surface area contributed by atoms with E-state index < -0.39 is 0 Å². The van der Waals surface area contributed by atoms with Gasteiger partial charge in [-0.05, 0) is 42.7 Å². The van der Waals surface area contributed by atoms with Crippen molar-refractivity contribution in [3.8, 4) is 11.5 Å². The first kappa shape index (κ1) is 21.6. The third-order valence-corrected chi connectivity index (χ3v) is 3.65. The highest BCUT2D eigenvalue weighted by atomic mass is 35.5. The molecule has 140 valence electrons. The van der Waals surface area contributed by atoms with Crippen LogP contribution in [-0.2, 0) is 11.2 Å². The molecule has 0 spiro atoms. The minimum absolute atomic E-state index is 0.193. The highest BCUT2D eigenvalue weighted by molar-refractivity contribution is 6.55. The molecule has 25 heavy (non-hydrogen) atoms. The maximum absolute atomic E-state index is 8.27. The summed E-state index contributed by atoms with van der Waals surface area (Å²) in [5.41, 5.74) is 2.12. The summed E-state index contributed by atoms with van der Waals surface area (Å²) in [6.45, 7) is 6.11. The number of hydrogen-bond acceptors (Lipinski definition) is 5. The Kier molecular flexibility index (Phi) is 11.1. The SMILES string of the molecule is CCc1cc(OCC=C(Cl)Cl)cc(C)c1OCCCOCCC=NO. The molecule has 1 aromatic carbocycles. The van der Waals surface area contributed by atoms with Crippen molar-refractivity contribution >= 4 is 29.4 Å². The molecule has 0 atom stereocenters. The summed E-state index contributed by atoms with van der Waals surface area (Å²) in [6.07, 6.45) is 5.24. The van der Waals surface area contributed by atoms with Crippen molar-refractivity contribution in [1.29, 1.82) is 0 Å². The van der Waals surface area contributed by atoms with Crippen LogP contribution >= 0.6 is 23.2 Å². The van der Waals surface area contributed by atoms with Gasteiger partial charge >= 0.3 is 0 Å². The van der Waals surface area contributed by atoms with E-state index in [1.165, 1.54) is 6.21 Å². The Morgan fingerprint density at radius 3 is 2.68 bits per heavy atom. The quantitative estimate of drug-likeness (QED) is 0.239. The largest absolute Gasteiger partial charge is 0.493 e. The lowest BCUT2D eigenvalue weighted by Gasteiger charge is -2.15. The van der Waals surface area contributed by atoms with Crippen LogP contribution < -0.4 is 9.47 Å². The molecule has 0 aliphatic carbocycles. The lowest BCUT2D eigenvalue weighted by atomic mass is 10.1. The number of halogens is 2. The van der Waals surface area contributed by atoms with Crippen LogP contribution in [0, 0.1) is 6.92 Å². The normalized spacial score (nSPS) is 10.9. The molecule has 0 saturated carbocycles. The summed E-state index contributed by atoms with van der Waals surface area (Å²) in [6, 6.07) is 3.91. The molecule has 1 aromatic rings. The topological polar surface area (TPSA) is 60.3 Å². The van der Waals surface area contributed by atoms with E-state index in [2.05, 4.69) is 12.1 Å². The summed E-state index contributed by atoms with van der Waals surface area (Å²) >= 11 is 11.2. The number of rotatable bonds is 12. The zero-order valence-corrected chi connectivity index (χ0v) is 16.1. The molecule has 0 unspecified atom stereocenters. The predicted octanol–water partition coefficient (Wildman–Crippen LogP) is 4.89. The molecule has 0 bridgehead atoms. The van der Waals surface area contributed by atoms with Crippen LogP contribution in [0.4, 0.5) is 0 Å². The van der Waals surface area contributed by atoms with Gasteiger partial charge in [-0.25, -0.2) is 0 Å². The van der Waals surface area contributed by atoms with Crippen LogP contribution in [-0.4, -0.2) is 37.8 Å². The van der Waals surface area contributed by atoms with Crippen molar-refractivity contribution in [2.24, 2.45) is 5.16 Å². The van der Waals surface area contributed by atoms with E-state index in [1.54, 1.807) is 6.08 Å². The Hall–Kier alpha value is -1.43. The maximum Gasteiger partial charge on any atom is 0.125 e. The van der Waals surface area contributed by atoms with Gasteiger partial charge in [0, 0.05) is 25.7 Å². The second kappa shape index (κ2) is 12.9. The molecule has 0 aliphatic heterocycles. The van der Waals surface area contributed by atoms with Crippen molar-refractivity contribution in [1.82, 2.24) is 0 Å². The van der Waals surface area contributed by atoms with Crippen LogP contribution in [0.2, 0.25) is 0 Å². The molecule has 7 heteroatoms. The predicted molar refractivity (Wildman–Crippen MR) is 102 cm³/mol. The Morgan fingerprint density at radius 1 is 1.20 bits per heavy atom. The fourth-order valence-corrected chi connectivity index (χ4v) is 2.32. The zero-order chi connectivity index (χ0) is 18.5. The number of benzene rings is 1. The first-order chi connectivity index (χ1) is 12.1. The minimum atomic E-state index is 0.193. The fourth-order valence-electron chi connectivity index (χ4n) is 2.20. The fraction of sp³-hybridized carbons (Fsp3) is 0.500. The van der Waals surface area contributed by atoms with Crippen LogP contribution in [0.25, 0.3) is 0 Å². The average Bonchev–Trinajstić information content (AvgIpc) is 2.58. The highest BCUT2D eigenvalue weighted by Gasteiger charge is 2.09. The number of nitrogens with zero attached hydrogens (tertiary/aromatic N) is 1. The molecular weight excluding hydrogens is 365 g/mol. The van der Waals surface area contributed by atoms with E-state index in [0.29, 0.717) is 32.8 Å². The Balaban J connectivity index is 2.49. The third kappa shape index (κ3) is 9.00. The molecule has 0 saturated heterocycles. The van der Waals surface area contributed by atoms with Gasteiger partial charge in [-0.2, -0.15) is 0 Å². The van der Waals surface area contributed by atoms with E-state index >= 15 is 0 Å². The van der Waals surface area contributed by atoms with Gasteiger partial charge in [0.1, 0.15) is 22.6 Å². The number of oxime groups is 1. The van der Waals surface area contributed by atoms with E-state index in [9.17, 15) is 0 Å². The van der Waals surface area contributed by atoms with Crippen LogP contribution in [0.1, 0.15) is 30.9 Å². The summed E-state index contributed by atoms with van der Waals surface area (Å²) in [7, 11) is 0. The Labute approximate surface area is 159 Å². The molecule has 0 heterocycles. The molecule has 1 rings (SSSR count). The van der Waals surface area contributed by atoms with E-state index in [1.807, 2.05) is 19.1 Å². The van der Waals surface area contributed by atoms with Gasteiger partial charge in [-0.1, -0.05) is 30.1 Å². The molecule has 1 N–H and O–H groups in total. The summed E-state index contributed by atoms with van der Waals surface area (Å²) in [5, 5.41) is 11.2. The van der Waals surface area contributed by atoms with Crippen molar-refractivity contribution < 1.29 is 19.4 Å². The van der Waals surface area contributed by atoms with Gasteiger partial charge in [0.2, 0.25) is 0 Å². The van der Waals surface area contributed by atoms with Gasteiger partial charge in [-0.3, -0.25) is 0 Å². The van der Waals surface area contributed by atoms with Crippen molar-refractivity contribution in [2.45, 2.75) is 33.1 Å². The van der Waals surface area contributed by atoms with Crippen LogP contribution in [0.3, 0.4) is 0 Å². The van der Waals surface area contributed by atoms with Crippen molar-refractivity contribution in [2.75, 3.05) is 26.4 Å². The van der Waals surface area contributed by atoms with E-state index in [4.69, 9.17) is 42.6 Å². The van der Waals surface area contributed by atoms with E-state index in [-0.39, 0.29) is 4.49 Å². The van der Waals surface area contributed by atoms with Crippen molar-refractivity contribution in [3.05, 3.63) is 33.8 Å². The van der Waals surface area contributed by atoms with Gasteiger partial charge < -0.3 is 19.4 Å². The zero-order valence-electron chi connectivity index (χ0n) is 14.6. The lowest BCUT2D eigenvalue weighted by molar-refractivity contribution is 0.125. The number of hydrogen-bond donors (Lipinski definition) is 1. The summed E-state index contributed by atoms with van der Waals surface area (Å²) in [4.78, 5) is 0. The second-order valence-electron chi connectivity index (χ2n) is 5.29. The molecule has 0 radical (unpaired) electrons. The molecule has 0 aromatic heterocycles. The smallest absolute Gasteiger partial charge is 0.125 e. The van der Waals surface area contributed by atoms with Gasteiger partial charge in [-0.15, -0.1) is 5.16 Å². The highest BCUT2D eigenvalue weighted by Crippen LogP contribution is 2.30. The second-order valence-corrected chi connectivity index (χ2v) is 6.30.